The van der Waals surface area contributed by atoms with E-state index in [1.165, 1.54) is 5.52 Å². The lowest BCUT2D eigenvalue weighted by Gasteiger charge is -2.32. The normalized spacial score (nSPS) is 15.5. The largest absolute Gasteiger partial charge is 0.339 e. The molecule has 4 rings (SSSR count). The molecule has 0 aliphatic carbocycles. The van der Waals surface area contributed by atoms with Crippen molar-refractivity contribution in [2.24, 2.45) is 5.92 Å². The number of piperidine rings is 1. The first kappa shape index (κ1) is 16.8. The highest BCUT2D eigenvalue weighted by molar-refractivity contribution is 5.94. The topological polar surface area (TPSA) is 38.1 Å². The van der Waals surface area contributed by atoms with Crippen LogP contribution in [-0.2, 0) is 6.54 Å². The number of para-hydroxylation sites is 2. The number of imidazole rings is 1. The average Bonchev–Trinajstić information content (AvgIpc) is 2.97. The second-order valence-electron chi connectivity index (χ2n) is 7.36. The van der Waals surface area contributed by atoms with Gasteiger partial charge in [0.25, 0.3) is 5.91 Å². The zero-order valence-electron chi connectivity index (χ0n) is 15.5. The minimum absolute atomic E-state index is 0.163. The van der Waals surface area contributed by atoms with E-state index in [2.05, 4.69) is 34.7 Å². The van der Waals surface area contributed by atoms with Crippen LogP contribution in [0.25, 0.3) is 11.0 Å². The van der Waals surface area contributed by atoms with Crippen LogP contribution in [-0.4, -0.2) is 33.4 Å². The summed E-state index contributed by atoms with van der Waals surface area (Å²) in [5.74, 6) is 1.83. The molecule has 4 nitrogen and oxygen atoms in total. The van der Waals surface area contributed by atoms with E-state index in [0.717, 1.165) is 54.9 Å². The summed E-state index contributed by atoms with van der Waals surface area (Å²) in [6, 6.07) is 16.2. The second kappa shape index (κ2) is 6.94. The predicted octanol–water partition coefficient (Wildman–Crippen LogP) is 4.21. The maximum atomic E-state index is 12.7. The van der Waals surface area contributed by atoms with Gasteiger partial charge in [-0.15, -0.1) is 0 Å². The van der Waals surface area contributed by atoms with Crippen LogP contribution >= 0.6 is 0 Å². The highest BCUT2D eigenvalue weighted by atomic mass is 16.2. The van der Waals surface area contributed by atoms with Crippen LogP contribution in [0.4, 0.5) is 0 Å². The van der Waals surface area contributed by atoms with Crippen molar-refractivity contribution < 1.29 is 4.79 Å². The number of rotatable bonds is 3. The van der Waals surface area contributed by atoms with E-state index in [1.54, 1.807) is 0 Å². The summed E-state index contributed by atoms with van der Waals surface area (Å²) >= 11 is 0. The molecule has 134 valence electrons. The van der Waals surface area contributed by atoms with Crippen molar-refractivity contribution in [3.8, 4) is 0 Å². The quantitative estimate of drug-likeness (QED) is 0.712. The van der Waals surface area contributed by atoms with Crippen LogP contribution in [0.2, 0.25) is 0 Å². The molecule has 1 amide bonds. The average molecular weight is 347 g/mol. The summed E-state index contributed by atoms with van der Waals surface area (Å²) in [5.41, 5.74) is 4.22. The van der Waals surface area contributed by atoms with Gasteiger partial charge < -0.3 is 9.47 Å². The molecular weight excluding hydrogens is 322 g/mol. The van der Waals surface area contributed by atoms with Gasteiger partial charge in [0, 0.05) is 25.2 Å². The Morgan fingerprint density at radius 2 is 1.85 bits per heavy atom. The molecule has 0 unspecified atom stereocenters. The Morgan fingerprint density at radius 1 is 1.08 bits per heavy atom. The molecule has 26 heavy (non-hydrogen) atoms. The van der Waals surface area contributed by atoms with Gasteiger partial charge in [-0.2, -0.15) is 0 Å². The van der Waals surface area contributed by atoms with Crippen LogP contribution in [0.15, 0.2) is 48.5 Å². The minimum atomic E-state index is 0.163. The minimum Gasteiger partial charge on any atom is -0.339 e. The van der Waals surface area contributed by atoms with Gasteiger partial charge in [-0.05, 0) is 56.9 Å². The van der Waals surface area contributed by atoms with E-state index in [1.807, 2.05) is 42.2 Å². The Bertz CT molecular complexity index is 935. The molecule has 4 heteroatoms. The molecule has 0 saturated carbocycles. The third-order valence-corrected chi connectivity index (χ3v) is 5.45. The number of aryl methyl sites for hydroxylation is 2. The van der Waals surface area contributed by atoms with Gasteiger partial charge in [0.15, 0.2) is 0 Å². The third-order valence-electron chi connectivity index (χ3n) is 5.45. The fraction of sp³-hybridized carbons (Fsp3) is 0.364. The molecule has 0 N–H and O–H groups in total. The zero-order valence-corrected chi connectivity index (χ0v) is 15.5. The number of aromatic nitrogens is 2. The van der Waals surface area contributed by atoms with Crippen molar-refractivity contribution in [2.45, 2.75) is 33.2 Å². The SMILES string of the molecule is Cc1cccc(C(=O)N2CCC(Cn3c(C)nc4ccccc43)CC2)c1. The number of carbonyl (C=O) groups is 1. The summed E-state index contributed by atoms with van der Waals surface area (Å²) in [5, 5.41) is 0. The molecular formula is C22H25N3O. The molecule has 1 aliphatic rings. The van der Waals surface area contributed by atoms with Crippen molar-refractivity contribution in [3.05, 3.63) is 65.5 Å². The first-order valence-electron chi connectivity index (χ1n) is 9.39. The molecule has 1 fully saturated rings. The number of nitrogens with zero attached hydrogens (tertiary/aromatic N) is 3. The van der Waals surface area contributed by atoms with Crippen LogP contribution in [0.5, 0.6) is 0 Å². The van der Waals surface area contributed by atoms with Gasteiger partial charge in [-0.3, -0.25) is 4.79 Å². The van der Waals surface area contributed by atoms with Gasteiger partial charge >= 0.3 is 0 Å². The molecule has 0 spiro atoms. The Kier molecular flexibility index (Phi) is 4.49. The van der Waals surface area contributed by atoms with Crippen LogP contribution in [0.3, 0.4) is 0 Å². The Hall–Kier alpha value is -2.62. The Morgan fingerprint density at radius 3 is 2.62 bits per heavy atom. The van der Waals surface area contributed by atoms with Gasteiger partial charge in [-0.25, -0.2) is 4.98 Å². The van der Waals surface area contributed by atoms with Crippen LogP contribution < -0.4 is 0 Å². The summed E-state index contributed by atoms with van der Waals surface area (Å²) in [7, 11) is 0. The number of hydrogen-bond acceptors (Lipinski definition) is 2. The first-order chi connectivity index (χ1) is 12.6. The highest BCUT2D eigenvalue weighted by Gasteiger charge is 2.24. The van der Waals surface area contributed by atoms with E-state index in [0.29, 0.717) is 5.92 Å². The summed E-state index contributed by atoms with van der Waals surface area (Å²) in [6.07, 6.45) is 2.09. The number of hydrogen-bond donors (Lipinski definition) is 0. The number of fused-ring (bicyclic) bond motifs is 1. The van der Waals surface area contributed by atoms with Crippen LogP contribution in [0, 0.1) is 19.8 Å². The smallest absolute Gasteiger partial charge is 0.253 e. The van der Waals surface area contributed by atoms with Crippen molar-refractivity contribution >= 4 is 16.9 Å². The standard InChI is InChI=1S/C22H25N3O/c1-16-6-5-7-19(14-16)22(26)24-12-10-18(11-13-24)15-25-17(2)23-20-8-3-4-9-21(20)25/h3-9,14,18H,10-13,15H2,1-2H3. The molecule has 3 aromatic rings. The molecule has 2 aromatic carbocycles. The maximum Gasteiger partial charge on any atom is 0.253 e. The van der Waals surface area contributed by atoms with E-state index in [4.69, 9.17) is 0 Å². The molecule has 1 saturated heterocycles. The fourth-order valence-electron chi connectivity index (χ4n) is 3.96. The van der Waals surface area contributed by atoms with Gasteiger partial charge in [-0.1, -0.05) is 29.8 Å². The lowest BCUT2D eigenvalue weighted by Crippen LogP contribution is -2.39. The molecule has 2 heterocycles. The van der Waals surface area contributed by atoms with E-state index in [9.17, 15) is 4.79 Å². The highest BCUT2D eigenvalue weighted by Crippen LogP contribution is 2.24. The second-order valence-corrected chi connectivity index (χ2v) is 7.36. The summed E-state index contributed by atoms with van der Waals surface area (Å²) < 4.78 is 2.33. The molecule has 0 bridgehead atoms. The number of benzene rings is 2. The summed E-state index contributed by atoms with van der Waals surface area (Å²) in [4.78, 5) is 19.4. The van der Waals surface area contributed by atoms with Crippen molar-refractivity contribution in [1.29, 1.82) is 0 Å². The van der Waals surface area contributed by atoms with E-state index < -0.39 is 0 Å². The Labute approximate surface area is 154 Å². The van der Waals surface area contributed by atoms with Gasteiger partial charge in [0.05, 0.1) is 11.0 Å². The van der Waals surface area contributed by atoms with Gasteiger partial charge in [0.1, 0.15) is 5.82 Å². The molecule has 1 aliphatic heterocycles. The number of carbonyl (C=O) groups excluding carboxylic acids is 1. The summed E-state index contributed by atoms with van der Waals surface area (Å²) in [6.45, 7) is 6.77. The monoisotopic (exact) mass is 347 g/mol. The van der Waals surface area contributed by atoms with Crippen molar-refractivity contribution in [2.75, 3.05) is 13.1 Å². The predicted molar refractivity (Wildman–Crippen MR) is 104 cm³/mol. The van der Waals surface area contributed by atoms with Crippen LogP contribution in [0.1, 0.15) is 34.6 Å². The number of likely N-dealkylation sites (tertiary alicyclic amines) is 1. The van der Waals surface area contributed by atoms with E-state index in [-0.39, 0.29) is 5.91 Å². The molecule has 0 atom stereocenters. The lowest BCUT2D eigenvalue weighted by atomic mass is 9.96. The fourth-order valence-corrected chi connectivity index (χ4v) is 3.96. The zero-order chi connectivity index (χ0) is 18.1. The lowest BCUT2D eigenvalue weighted by molar-refractivity contribution is 0.0683. The van der Waals surface area contributed by atoms with Crippen molar-refractivity contribution in [1.82, 2.24) is 14.5 Å². The molecule has 0 radical (unpaired) electrons. The molecule has 1 aromatic heterocycles. The maximum absolute atomic E-state index is 12.7. The van der Waals surface area contributed by atoms with Crippen molar-refractivity contribution in [3.63, 3.8) is 0 Å². The van der Waals surface area contributed by atoms with Gasteiger partial charge in [0.2, 0.25) is 0 Å². The Balaban J connectivity index is 1.42. The third kappa shape index (κ3) is 3.24. The van der Waals surface area contributed by atoms with E-state index >= 15 is 0 Å². The first-order valence-corrected chi connectivity index (χ1v) is 9.39. The number of amides is 1.